The number of aryl methyl sites for hydroxylation is 2. The lowest BCUT2D eigenvalue weighted by Gasteiger charge is -2.13. The molecule has 0 atom stereocenters. The number of hydrogen-bond donors (Lipinski definition) is 3. The van der Waals surface area contributed by atoms with Crippen molar-refractivity contribution in [3.8, 4) is 5.75 Å². The normalized spacial score (nSPS) is 15.4. The molecule has 0 aliphatic carbocycles. The Hall–Kier alpha value is -3.22. The molecule has 0 radical (unpaired) electrons. The number of aromatic hydroxyl groups is 1. The van der Waals surface area contributed by atoms with Crippen molar-refractivity contribution >= 4 is 29.1 Å². The topological polar surface area (TPSA) is 102 Å². The molecule has 0 spiro atoms. The maximum absolute atomic E-state index is 9.95. The third kappa shape index (κ3) is 3.21. The molecule has 0 amide bonds. The Kier molecular flexibility index (Phi) is 4.22. The Balaban J connectivity index is 1.85. The van der Waals surface area contributed by atoms with E-state index in [0.717, 1.165) is 5.56 Å². The second-order valence-electron chi connectivity index (χ2n) is 6.13. The number of benzene rings is 1. The predicted molar refractivity (Wildman–Crippen MR) is 98.5 cm³/mol. The average molecular weight is 337 g/mol. The number of anilines is 1. The molecule has 1 aromatic carbocycles. The van der Waals surface area contributed by atoms with Gasteiger partial charge < -0.3 is 10.8 Å². The highest BCUT2D eigenvalue weighted by Gasteiger charge is 2.22. The third-order valence-corrected chi connectivity index (χ3v) is 4.16. The smallest absolute Gasteiger partial charge is 0.173 e. The molecule has 0 bridgehead atoms. The van der Waals surface area contributed by atoms with E-state index in [-0.39, 0.29) is 11.6 Å². The summed E-state index contributed by atoms with van der Waals surface area (Å²) < 4.78 is 1.95. The number of rotatable bonds is 3. The fourth-order valence-electron chi connectivity index (χ4n) is 2.68. The van der Waals surface area contributed by atoms with E-state index in [2.05, 4.69) is 10.1 Å². The first-order chi connectivity index (χ1) is 11.9. The second kappa shape index (κ2) is 6.35. The monoisotopic (exact) mass is 337 g/mol. The standard InChI is InChI=1S/C18H20N6O/c1-11-7-14(16(19)12(2)17(11)25)22-15-8-21-24(18(15)20)10-13-5-4-6-23(3)9-13/h4-9H,10H2,1-3H3,(H3-,19,20,21,25)/p+1. The van der Waals surface area contributed by atoms with E-state index in [1.54, 1.807) is 31.1 Å². The number of nitrogens with one attached hydrogen (secondary N) is 1. The first kappa shape index (κ1) is 16.6. The molecule has 0 saturated carbocycles. The Morgan fingerprint density at radius 1 is 1.40 bits per heavy atom. The van der Waals surface area contributed by atoms with E-state index in [0.29, 0.717) is 34.8 Å². The van der Waals surface area contributed by atoms with E-state index in [1.807, 2.05) is 36.1 Å². The summed E-state index contributed by atoms with van der Waals surface area (Å²) in [6, 6.07) is 5.66. The molecule has 4 N–H and O–H groups in total. The van der Waals surface area contributed by atoms with Gasteiger partial charge in [0.05, 0.1) is 24.1 Å². The highest BCUT2D eigenvalue weighted by molar-refractivity contribution is 6.63. The molecule has 3 rings (SSSR count). The van der Waals surface area contributed by atoms with Crippen molar-refractivity contribution in [2.45, 2.75) is 20.4 Å². The number of amidine groups is 1. The van der Waals surface area contributed by atoms with Crippen LogP contribution in [0.2, 0.25) is 0 Å². The van der Waals surface area contributed by atoms with Crippen LogP contribution in [0.5, 0.6) is 5.75 Å². The summed E-state index contributed by atoms with van der Waals surface area (Å²) in [5, 5.41) is 24.1. The van der Waals surface area contributed by atoms with Gasteiger partial charge in [-0.1, -0.05) is 0 Å². The van der Waals surface area contributed by atoms with Gasteiger partial charge in [-0.3, -0.25) is 5.41 Å². The SMILES string of the molecule is Cc1cc(N=C2C=NN(Cc3ccc[n+](C)c3)C2=N)c(N)c(C)c1O. The number of aromatic nitrogens is 1. The molecule has 7 nitrogen and oxygen atoms in total. The molecule has 25 heavy (non-hydrogen) atoms. The highest BCUT2D eigenvalue weighted by atomic mass is 16.3. The maximum atomic E-state index is 9.95. The van der Waals surface area contributed by atoms with Crippen LogP contribution in [0.15, 0.2) is 40.7 Å². The summed E-state index contributed by atoms with van der Waals surface area (Å²) in [6.45, 7) is 4.03. The van der Waals surface area contributed by atoms with E-state index >= 15 is 0 Å². The fraction of sp³-hybridized carbons (Fsp3) is 0.222. The van der Waals surface area contributed by atoms with Gasteiger partial charge in [0.15, 0.2) is 18.2 Å². The molecule has 0 fully saturated rings. The largest absolute Gasteiger partial charge is 0.507 e. The van der Waals surface area contributed by atoms with Gasteiger partial charge in [0.1, 0.15) is 18.5 Å². The van der Waals surface area contributed by atoms with Crippen LogP contribution in [-0.2, 0) is 13.6 Å². The molecule has 1 aliphatic heterocycles. The Morgan fingerprint density at radius 2 is 2.16 bits per heavy atom. The van der Waals surface area contributed by atoms with Gasteiger partial charge in [-0.25, -0.2) is 14.6 Å². The average Bonchev–Trinajstić information content (AvgIpc) is 2.91. The number of aliphatic imine (C=N–C) groups is 1. The van der Waals surface area contributed by atoms with Gasteiger partial charge in [0, 0.05) is 17.2 Å². The first-order valence-electron chi connectivity index (χ1n) is 7.88. The molecule has 2 aromatic rings. The molecule has 2 heterocycles. The van der Waals surface area contributed by atoms with Crippen molar-refractivity contribution in [1.29, 1.82) is 5.41 Å². The number of nitrogens with zero attached hydrogens (tertiary/aromatic N) is 4. The van der Waals surface area contributed by atoms with Gasteiger partial charge >= 0.3 is 0 Å². The zero-order chi connectivity index (χ0) is 18.1. The van der Waals surface area contributed by atoms with Crippen LogP contribution in [0.25, 0.3) is 0 Å². The van der Waals surface area contributed by atoms with Gasteiger partial charge in [0.2, 0.25) is 0 Å². The lowest BCUT2D eigenvalue weighted by molar-refractivity contribution is -0.672. The van der Waals surface area contributed by atoms with Gasteiger partial charge in [-0.05, 0) is 31.5 Å². The van der Waals surface area contributed by atoms with Crippen molar-refractivity contribution in [3.05, 3.63) is 47.3 Å². The van der Waals surface area contributed by atoms with Crippen molar-refractivity contribution in [1.82, 2.24) is 5.01 Å². The molecule has 1 aromatic heterocycles. The van der Waals surface area contributed by atoms with Crippen LogP contribution in [0, 0.1) is 19.3 Å². The van der Waals surface area contributed by atoms with Crippen LogP contribution in [0.1, 0.15) is 16.7 Å². The number of hydrazone groups is 1. The van der Waals surface area contributed by atoms with Crippen molar-refractivity contribution in [3.63, 3.8) is 0 Å². The van der Waals surface area contributed by atoms with Crippen LogP contribution < -0.4 is 10.3 Å². The Labute approximate surface area is 146 Å². The van der Waals surface area contributed by atoms with Gasteiger partial charge in [0.25, 0.3) is 0 Å². The fourth-order valence-corrected chi connectivity index (χ4v) is 2.68. The number of phenols is 1. The molecular formula is C18H21N6O+. The molecular weight excluding hydrogens is 316 g/mol. The van der Waals surface area contributed by atoms with E-state index in [1.165, 1.54) is 0 Å². The minimum atomic E-state index is 0.176. The summed E-state index contributed by atoms with van der Waals surface area (Å²) in [6.07, 6.45) is 5.50. The summed E-state index contributed by atoms with van der Waals surface area (Å²) in [4.78, 5) is 4.47. The lowest BCUT2D eigenvalue weighted by Crippen LogP contribution is -2.30. The minimum Gasteiger partial charge on any atom is -0.507 e. The number of pyridine rings is 1. The van der Waals surface area contributed by atoms with Crippen LogP contribution in [-0.4, -0.2) is 27.9 Å². The molecule has 128 valence electrons. The van der Waals surface area contributed by atoms with Crippen molar-refractivity contribution in [2.75, 3.05) is 5.73 Å². The summed E-state index contributed by atoms with van der Waals surface area (Å²) in [5.41, 5.74) is 9.77. The summed E-state index contributed by atoms with van der Waals surface area (Å²) in [5.74, 6) is 0.393. The first-order valence-corrected chi connectivity index (χ1v) is 7.88. The van der Waals surface area contributed by atoms with E-state index < -0.39 is 0 Å². The summed E-state index contributed by atoms with van der Waals surface area (Å²) >= 11 is 0. The number of hydrogen-bond acceptors (Lipinski definition) is 5. The predicted octanol–water partition coefficient (Wildman–Crippen LogP) is 1.97. The van der Waals surface area contributed by atoms with Crippen LogP contribution in [0.4, 0.5) is 11.4 Å². The summed E-state index contributed by atoms with van der Waals surface area (Å²) in [7, 11) is 1.95. The highest BCUT2D eigenvalue weighted by Crippen LogP contribution is 2.35. The second-order valence-corrected chi connectivity index (χ2v) is 6.13. The van der Waals surface area contributed by atoms with E-state index in [4.69, 9.17) is 11.1 Å². The zero-order valence-electron chi connectivity index (χ0n) is 14.5. The quantitative estimate of drug-likeness (QED) is 0.589. The maximum Gasteiger partial charge on any atom is 0.173 e. The zero-order valence-corrected chi connectivity index (χ0v) is 14.5. The molecule has 1 aliphatic rings. The number of nitrogens with two attached hydrogens (primary N) is 1. The van der Waals surface area contributed by atoms with Gasteiger partial charge in [-0.15, -0.1) is 0 Å². The van der Waals surface area contributed by atoms with Gasteiger partial charge in [-0.2, -0.15) is 5.10 Å². The number of nitrogen functional groups attached to an aromatic ring is 1. The number of phenolic OH excluding ortho intramolecular Hbond substituents is 1. The Bertz CT molecular complexity index is 916. The van der Waals surface area contributed by atoms with E-state index in [9.17, 15) is 5.11 Å². The van der Waals surface area contributed by atoms with Crippen molar-refractivity contribution in [2.24, 2.45) is 17.1 Å². The Morgan fingerprint density at radius 3 is 2.88 bits per heavy atom. The minimum absolute atomic E-state index is 0.176. The third-order valence-electron chi connectivity index (χ3n) is 4.16. The van der Waals surface area contributed by atoms with Crippen molar-refractivity contribution < 1.29 is 9.67 Å². The molecule has 0 unspecified atom stereocenters. The molecule has 0 saturated heterocycles. The van der Waals surface area contributed by atoms with Crippen LogP contribution in [0.3, 0.4) is 0 Å². The van der Waals surface area contributed by atoms with Crippen LogP contribution >= 0.6 is 0 Å². The lowest BCUT2D eigenvalue weighted by atomic mass is 10.1. The molecule has 7 heteroatoms.